The number of allylic oxidation sites excluding steroid dienone is 9. The van der Waals surface area contributed by atoms with Crippen LogP contribution in [0.5, 0.6) is 0 Å². The predicted molar refractivity (Wildman–Crippen MR) is 211 cm³/mol. The molecule has 2 atom stereocenters. The number of rotatable bonds is 36. The van der Waals surface area contributed by atoms with Crippen LogP contribution in [0.2, 0.25) is 0 Å². The molecule has 0 aromatic rings. The summed E-state index contributed by atoms with van der Waals surface area (Å²) in [5.74, 6) is -0.0822. The van der Waals surface area contributed by atoms with Crippen molar-refractivity contribution in [3.05, 3.63) is 60.8 Å². The minimum absolute atomic E-state index is 0.0822. The molecule has 0 aliphatic heterocycles. The number of carbonyl (C=O) groups excluding carboxylic acids is 1. The Hall–Kier alpha value is -1.91. The molecule has 0 aliphatic rings. The molecule has 0 saturated heterocycles. The van der Waals surface area contributed by atoms with E-state index in [1.54, 1.807) is 6.08 Å². The van der Waals surface area contributed by atoms with E-state index in [0.717, 1.165) is 44.9 Å². The highest BCUT2D eigenvalue weighted by Gasteiger charge is 2.17. The molecule has 0 heterocycles. The van der Waals surface area contributed by atoms with Gasteiger partial charge in [-0.1, -0.05) is 177 Å². The molecule has 0 aliphatic carbocycles. The van der Waals surface area contributed by atoms with Gasteiger partial charge in [0.15, 0.2) is 0 Å². The first-order valence-electron chi connectivity index (χ1n) is 20.5. The summed E-state index contributed by atoms with van der Waals surface area (Å²) in [7, 11) is 0. The second-order valence-electron chi connectivity index (χ2n) is 13.7. The van der Waals surface area contributed by atoms with Crippen molar-refractivity contribution in [2.24, 2.45) is 0 Å². The lowest BCUT2D eigenvalue weighted by molar-refractivity contribution is -0.123. The van der Waals surface area contributed by atoms with Gasteiger partial charge in [-0.05, 0) is 70.6 Å². The maximum absolute atomic E-state index is 12.3. The van der Waals surface area contributed by atoms with Gasteiger partial charge in [-0.15, -0.1) is 0 Å². The van der Waals surface area contributed by atoms with E-state index in [1.165, 1.54) is 128 Å². The number of aliphatic hydroxyl groups is 2. The number of aliphatic hydroxyl groups excluding tert-OH is 2. The largest absolute Gasteiger partial charge is 0.394 e. The van der Waals surface area contributed by atoms with Crippen LogP contribution in [0.4, 0.5) is 0 Å². The first-order chi connectivity index (χ1) is 23.7. The van der Waals surface area contributed by atoms with Crippen LogP contribution in [-0.2, 0) is 4.79 Å². The van der Waals surface area contributed by atoms with Crippen molar-refractivity contribution >= 4 is 5.91 Å². The molecule has 0 spiro atoms. The summed E-state index contributed by atoms with van der Waals surface area (Å²) in [5, 5.41) is 22.9. The summed E-state index contributed by atoms with van der Waals surface area (Å²) in [6.07, 6.45) is 54.6. The summed E-state index contributed by atoms with van der Waals surface area (Å²) < 4.78 is 0. The Bertz CT molecular complexity index is 812. The number of hydrogen-bond donors (Lipinski definition) is 3. The van der Waals surface area contributed by atoms with Crippen molar-refractivity contribution in [1.82, 2.24) is 5.32 Å². The molecule has 48 heavy (non-hydrogen) atoms. The van der Waals surface area contributed by atoms with E-state index >= 15 is 0 Å². The quantitative estimate of drug-likeness (QED) is 0.0459. The molecule has 4 heteroatoms. The number of unbranched alkanes of at least 4 members (excludes halogenated alkanes) is 21. The molecule has 3 N–H and O–H groups in total. The lowest BCUT2D eigenvalue weighted by Gasteiger charge is -2.19. The van der Waals surface area contributed by atoms with Crippen molar-refractivity contribution in [2.75, 3.05) is 6.61 Å². The molecule has 0 rings (SSSR count). The van der Waals surface area contributed by atoms with Gasteiger partial charge >= 0.3 is 0 Å². The zero-order valence-electron chi connectivity index (χ0n) is 31.7. The van der Waals surface area contributed by atoms with Crippen molar-refractivity contribution in [1.29, 1.82) is 0 Å². The van der Waals surface area contributed by atoms with Crippen LogP contribution in [0.1, 0.15) is 194 Å². The van der Waals surface area contributed by atoms with Gasteiger partial charge in [0.25, 0.3) is 0 Å². The van der Waals surface area contributed by atoms with E-state index in [1.807, 2.05) is 6.08 Å². The van der Waals surface area contributed by atoms with Gasteiger partial charge in [0.05, 0.1) is 18.8 Å². The Labute approximate surface area is 298 Å². The molecule has 0 aromatic carbocycles. The average molecular weight is 670 g/mol. The maximum atomic E-state index is 12.3. The number of amides is 1. The minimum Gasteiger partial charge on any atom is -0.394 e. The molecule has 1 amide bonds. The topological polar surface area (TPSA) is 69.6 Å². The van der Waals surface area contributed by atoms with Gasteiger partial charge < -0.3 is 15.5 Å². The van der Waals surface area contributed by atoms with Crippen LogP contribution < -0.4 is 5.32 Å². The monoisotopic (exact) mass is 670 g/mol. The smallest absolute Gasteiger partial charge is 0.220 e. The van der Waals surface area contributed by atoms with Crippen molar-refractivity contribution in [3.8, 4) is 0 Å². The van der Waals surface area contributed by atoms with Crippen molar-refractivity contribution in [2.45, 2.75) is 206 Å². The Kier molecular flexibility index (Phi) is 38.0. The fraction of sp³-hybridized carbons (Fsp3) is 0.750. The molecule has 0 fully saturated rings. The summed E-state index contributed by atoms with van der Waals surface area (Å²) in [6, 6.07) is -0.641. The van der Waals surface area contributed by atoms with E-state index in [9.17, 15) is 15.0 Å². The minimum atomic E-state index is -0.863. The highest BCUT2D eigenvalue weighted by molar-refractivity contribution is 5.76. The van der Waals surface area contributed by atoms with E-state index in [2.05, 4.69) is 67.8 Å². The Morgan fingerprint density at radius 1 is 0.500 bits per heavy atom. The van der Waals surface area contributed by atoms with Gasteiger partial charge in [0.2, 0.25) is 5.91 Å². The van der Waals surface area contributed by atoms with Gasteiger partial charge in [0, 0.05) is 6.42 Å². The lowest BCUT2D eigenvalue weighted by atomic mass is 10.0. The fourth-order valence-electron chi connectivity index (χ4n) is 5.79. The molecule has 2 unspecified atom stereocenters. The standard InChI is InChI=1S/C44H79NO3/c1-3-5-7-9-11-13-15-16-17-18-19-20-21-22-23-24-25-26-27-28-30-32-34-36-38-40-44(48)45-42(41-46)43(47)39-37-35-33-31-29-14-12-10-8-6-4-2/h15-16,18-19,21-22,29,31,37,39,42-43,46-47H,3-14,17,20,23-28,30,32-36,38,40-41H2,1-2H3,(H,45,48)/b16-15-,19-18-,22-21-,31-29+,39-37+. The van der Waals surface area contributed by atoms with Crippen LogP contribution in [0.3, 0.4) is 0 Å². The average Bonchev–Trinajstić information content (AvgIpc) is 3.09. The summed E-state index contributed by atoms with van der Waals surface area (Å²) >= 11 is 0. The number of carbonyl (C=O) groups is 1. The van der Waals surface area contributed by atoms with E-state index < -0.39 is 12.1 Å². The third kappa shape index (κ3) is 35.4. The van der Waals surface area contributed by atoms with E-state index in [4.69, 9.17) is 0 Å². The van der Waals surface area contributed by atoms with Crippen molar-refractivity contribution in [3.63, 3.8) is 0 Å². The second-order valence-corrected chi connectivity index (χ2v) is 13.7. The molecule has 0 bridgehead atoms. The van der Waals surface area contributed by atoms with E-state index in [-0.39, 0.29) is 12.5 Å². The van der Waals surface area contributed by atoms with Crippen LogP contribution in [0, 0.1) is 0 Å². The molecular formula is C44H79NO3. The van der Waals surface area contributed by atoms with Crippen molar-refractivity contribution < 1.29 is 15.0 Å². The van der Waals surface area contributed by atoms with Gasteiger partial charge in [-0.25, -0.2) is 0 Å². The highest BCUT2D eigenvalue weighted by atomic mass is 16.3. The van der Waals surface area contributed by atoms with Crippen LogP contribution in [-0.4, -0.2) is 34.9 Å². The first-order valence-corrected chi connectivity index (χ1v) is 20.5. The molecule has 0 radical (unpaired) electrons. The first kappa shape index (κ1) is 46.1. The van der Waals surface area contributed by atoms with Gasteiger partial charge in [-0.2, -0.15) is 0 Å². The molecular weight excluding hydrogens is 590 g/mol. The number of nitrogens with one attached hydrogen (secondary N) is 1. The molecule has 278 valence electrons. The van der Waals surface area contributed by atoms with Crippen LogP contribution in [0.15, 0.2) is 60.8 Å². The third-order valence-electron chi connectivity index (χ3n) is 8.97. The zero-order chi connectivity index (χ0) is 35.0. The lowest BCUT2D eigenvalue weighted by Crippen LogP contribution is -2.45. The molecule has 0 saturated carbocycles. The Morgan fingerprint density at radius 2 is 0.875 bits per heavy atom. The normalized spacial score (nSPS) is 13.7. The van der Waals surface area contributed by atoms with E-state index in [0.29, 0.717) is 6.42 Å². The highest BCUT2D eigenvalue weighted by Crippen LogP contribution is 2.13. The molecule has 4 nitrogen and oxygen atoms in total. The number of hydrogen-bond acceptors (Lipinski definition) is 3. The fourth-order valence-corrected chi connectivity index (χ4v) is 5.79. The zero-order valence-corrected chi connectivity index (χ0v) is 31.7. The van der Waals surface area contributed by atoms with Crippen LogP contribution >= 0.6 is 0 Å². The molecule has 0 aromatic heterocycles. The van der Waals surface area contributed by atoms with Gasteiger partial charge in [0.1, 0.15) is 0 Å². The SMILES string of the molecule is CCCCCCC/C=C\C/C=C\C/C=C\CCCCCCCCCCCCC(=O)NC(CO)C(O)/C=C/CC/C=C/CCCCCCC. The van der Waals surface area contributed by atoms with Gasteiger partial charge in [-0.3, -0.25) is 4.79 Å². The van der Waals surface area contributed by atoms with Crippen LogP contribution in [0.25, 0.3) is 0 Å². The Morgan fingerprint density at radius 3 is 1.35 bits per heavy atom. The predicted octanol–water partition coefficient (Wildman–Crippen LogP) is 12.6. The summed E-state index contributed by atoms with van der Waals surface area (Å²) in [6.45, 7) is 4.25. The third-order valence-corrected chi connectivity index (χ3v) is 8.97. The summed E-state index contributed by atoms with van der Waals surface area (Å²) in [5.41, 5.74) is 0. The maximum Gasteiger partial charge on any atom is 0.220 e. The summed E-state index contributed by atoms with van der Waals surface area (Å²) in [4.78, 5) is 12.3. The second kappa shape index (κ2) is 39.5. The Balaban J connectivity index is 3.60.